The van der Waals surface area contributed by atoms with Gasteiger partial charge in [-0.15, -0.1) is 0 Å². The zero-order valence-corrected chi connectivity index (χ0v) is 16.5. The molecule has 0 saturated heterocycles. The van der Waals surface area contributed by atoms with E-state index in [-0.39, 0.29) is 5.91 Å². The Morgan fingerprint density at radius 3 is 2.70 bits per heavy atom. The first-order chi connectivity index (χ1) is 14.6. The Labute approximate surface area is 172 Å². The molecule has 0 aliphatic carbocycles. The first-order valence-corrected chi connectivity index (χ1v) is 9.51. The molecule has 7 nitrogen and oxygen atoms in total. The lowest BCUT2D eigenvalue weighted by Crippen LogP contribution is -2.13. The maximum absolute atomic E-state index is 12.7. The van der Waals surface area contributed by atoms with E-state index < -0.39 is 0 Å². The average Bonchev–Trinajstić information content (AvgIpc) is 3.37. The number of ether oxygens (including phenoxy) is 1. The highest BCUT2D eigenvalue weighted by molar-refractivity contribution is 6.03. The van der Waals surface area contributed by atoms with Crippen LogP contribution in [0.25, 0.3) is 27.8 Å². The van der Waals surface area contributed by atoms with E-state index in [1.165, 1.54) is 0 Å². The number of nitrogens with one attached hydrogen (secondary N) is 2. The second-order valence-corrected chi connectivity index (χ2v) is 7.02. The van der Waals surface area contributed by atoms with Crippen LogP contribution < -0.4 is 10.1 Å². The van der Waals surface area contributed by atoms with Crippen LogP contribution >= 0.6 is 0 Å². The number of aryl methyl sites for hydroxylation is 1. The molecule has 0 spiro atoms. The number of imidazole rings is 2. The van der Waals surface area contributed by atoms with Crippen molar-refractivity contribution in [1.29, 1.82) is 0 Å². The van der Waals surface area contributed by atoms with Crippen LogP contribution in [0.4, 0.5) is 5.95 Å². The molecule has 0 aliphatic heterocycles. The zero-order chi connectivity index (χ0) is 20.7. The van der Waals surface area contributed by atoms with Crippen LogP contribution in [0.15, 0.2) is 66.9 Å². The molecule has 0 fully saturated rings. The first-order valence-electron chi connectivity index (χ1n) is 9.51. The highest BCUT2D eigenvalue weighted by Gasteiger charge is 2.14. The van der Waals surface area contributed by atoms with Crippen LogP contribution in [0, 0.1) is 6.92 Å². The lowest BCUT2D eigenvalue weighted by molar-refractivity contribution is 0.102. The largest absolute Gasteiger partial charge is 0.497 e. The summed E-state index contributed by atoms with van der Waals surface area (Å²) in [5, 5.41) is 2.80. The number of aromatic amines is 1. The number of hydrogen-bond acceptors (Lipinski definition) is 4. The summed E-state index contributed by atoms with van der Waals surface area (Å²) in [6, 6.07) is 19.5. The van der Waals surface area contributed by atoms with Gasteiger partial charge in [0, 0.05) is 11.9 Å². The zero-order valence-electron chi connectivity index (χ0n) is 16.5. The van der Waals surface area contributed by atoms with Crippen molar-refractivity contribution in [3.8, 4) is 16.9 Å². The number of carbonyl (C=O) groups is 1. The fourth-order valence-corrected chi connectivity index (χ4v) is 3.48. The van der Waals surface area contributed by atoms with Crippen molar-refractivity contribution >= 4 is 28.5 Å². The van der Waals surface area contributed by atoms with E-state index in [2.05, 4.69) is 20.3 Å². The summed E-state index contributed by atoms with van der Waals surface area (Å²) < 4.78 is 7.19. The van der Waals surface area contributed by atoms with Crippen LogP contribution in [0.3, 0.4) is 0 Å². The van der Waals surface area contributed by atoms with Gasteiger partial charge >= 0.3 is 0 Å². The summed E-state index contributed by atoms with van der Waals surface area (Å²) in [6.07, 6.45) is 1.73. The van der Waals surface area contributed by atoms with Crippen molar-refractivity contribution in [2.24, 2.45) is 0 Å². The number of carbonyl (C=O) groups excluding carboxylic acids is 1. The summed E-state index contributed by atoms with van der Waals surface area (Å²) in [7, 11) is 1.65. The van der Waals surface area contributed by atoms with Crippen molar-refractivity contribution < 1.29 is 9.53 Å². The second kappa shape index (κ2) is 7.04. The van der Waals surface area contributed by atoms with Gasteiger partial charge in [-0.1, -0.05) is 24.3 Å². The van der Waals surface area contributed by atoms with E-state index in [0.29, 0.717) is 11.6 Å². The summed E-state index contributed by atoms with van der Waals surface area (Å²) in [5.74, 6) is 0.865. The van der Waals surface area contributed by atoms with Crippen LogP contribution in [-0.4, -0.2) is 32.4 Å². The molecule has 0 saturated carbocycles. The molecule has 0 atom stereocenters. The quantitative estimate of drug-likeness (QED) is 0.469. The maximum atomic E-state index is 12.7. The number of methoxy groups -OCH3 is 1. The topological polar surface area (TPSA) is 84.3 Å². The summed E-state index contributed by atoms with van der Waals surface area (Å²) >= 11 is 0. The normalized spacial score (nSPS) is 11.1. The van der Waals surface area contributed by atoms with Crippen molar-refractivity contribution in [2.75, 3.05) is 12.4 Å². The molecule has 5 rings (SSSR count). The van der Waals surface area contributed by atoms with Crippen molar-refractivity contribution in [2.45, 2.75) is 6.92 Å². The first kappa shape index (κ1) is 17.9. The van der Waals surface area contributed by atoms with Gasteiger partial charge in [0.05, 0.1) is 18.1 Å². The molecule has 30 heavy (non-hydrogen) atoms. The monoisotopic (exact) mass is 397 g/mol. The molecule has 2 N–H and O–H groups in total. The van der Waals surface area contributed by atoms with Crippen molar-refractivity contribution in [3.63, 3.8) is 0 Å². The third-order valence-electron chi connectivity index (χ3n) is 5.05. The summed E-state index contributed by atoms with van der Waals surface area (Å²) in [4.78, 5) is 24.7. The SMILES string of the molecule is COc1cccc(-c2ccc3nc(NC(=O)c4cn5c(C)cccc5n4)[nH]c3c2)c1. The lowest BCUT2D eigenvalue weighted by atomic mass is 10.1. The van der Waals surface area contributed by atoms with Gasteiger partial charge in [0.1, 0.15) is 17.1 Å². The van der Waals surface area contributed by atoms with E-state index in [4.69, 9.17) is 4.74 Å². The van der Waals surface area contributed by atoms with Gasteiger partial charge < -0.3 is 14.1 Å². The number of nitrogens with zero attached hydrogens (tertiary/aromatic N) is 3. The molecule has 5 aromatic rings. The smallest absolute Gasteiger partial charge is 0.278 e. The number of hydrogen-bond donors (Lipinski definition) is 2. The lowest BCUT2D eigenvalue weighted by Gasteiger charge is -2.04. The van der Waals surface area contributed by atoms with Gasteiger partial charge in [-0.2, -0.15) is 0 Å². The predicted octanol–water partition coefficient (Wildman–Crippen LogP) is 4.45. The van der Waals surface area contributed by atoms with Crippen molar-refractivity contribution in [3.05, 3.63) is 78.2 Å². The number of aromatic nitrogens is 4. The molecule has 3 aromatic heterocycles. The number of fused-ring (bicyclic) bond motifs is 2. The van der Waals surface area contributed by atoms with E-state index in [1.54, 1.807) is 13.3 Å². The molecule has 2 aromatic carbocycles. The van der Waals surface area contributed by atoms with E-state index >= 15 is 0 Å². The predicted molar refractivity (Wildman–Crippen MR) is 116 cm³/mol. The number of rotatable bonds is 4. The van der Waals surface area contributed by atoms with Gasteiger partial charge in [0.15, 0.2) is 0 Å². The van der Waals surface area contributed by atoms with Gasteiger partial charge in [0.25, 0.3) is 5.91 Å². The minimum Gasteiger partial charge on any atom is -0.497 e. The highest BCUT2D eigenvalue weighted by Crippen LogP contribution is 2.27. The number of H-pyrrole nitrogens is 1. The average molecular weight is 397 g/mol. The Bertz CT molecular complexity index is 1400. The molecule has 148 valence electrons. The Kier molecular flexibility index (Phi) is 4.21. The Morgan fingerprint density at radius 2 is 1.87 bits per heavy atom. The van der Waals surface area contributed by atoms with E-state index in [0.717, 1.165) is 39.3 Å². The molecule has 0 unspecified atom stereocenters. The number of amides is 1. The Hall–Kier alpha value is -4.13. The molecule has 0 aliphatic rings. The molecular formula is C23H19N5O2. The summed E-state index contributed by atoms with van der Waals surface area (Å²) in [6.45, 7) is 1.97. The Balaban J connectivity index is 1.43. The second-order valence-electron chi connectivity index (χ2n) is 7.02. The number of anilines is 1. The fourth-order valence-electron chi connectivity index (χ4n) is 3.48. The molecule has 7 heteroatoms. The van der Waals surface area contributed by atoms with Crippen LogP contribution in [0.5, 0.6) is 5.75 Å². The number of pyridine rings is 1. The van der Waals surface area contributed by atoms with Gasteiger partial charge in [0.2, 0.25) is 5.95 Å². The third-order valence-corrected chi connectivity index (χ3v) is 5.05. The van der Waals surface area contributed by atoms with E-state index in [9.17, 15) is 4.79 Å². The Morgan fingerprint density at radius 1 is 1.03 bits per heavy atom. The molecule has 0 bridgehead atoms. The number of benzene rings is 2. The van der Waals surface area contributed by atoms with E-state index in [1.807, 2.05) is 72.0 Å². The van der Waals surface area contributed by atoms with Gasteiger partial charge in [-0.3, -0.25) is 10.1 Å². The van der Waals surface area contributed by atoms with Gasteiger partial charge in [-0.05, 0) is 54.4 Å². The fraction of sp³-hybridized carbons (Fsp3) is 0.0870. The highest BCUT2D eigenvalue weighted by atomic mass is 16.5. The minimum atomic E-state index is -0.315. The third kappa shape index (κ3) is 3.16. The molecule has 3 heterocycles. The van der Waals surface area contributed by atoms with Gasteiger partial charge in [-0.25, -0.2) is 9.97 Å². The minimum absolute atomic E-state index is 0.315. The van der Waals surface area contributed by atoms with Crippen LogP contribution in [0.2, 0.25) is 0 Å². The van der Waals surface area contributed by atoms with Crippen molar-refractivity contribution in [1.82, 2.24) is 19.4 Å². The molecule has 1 amide bonds. The van der Waals surface area contributed by atoms with Crippen LogP contribution in [-0.2, 0) is 0 Å². The standard InChI is InChI=1S/C23H19N5O2/c1-14-5-3-8-21-24-20(13-28(14)21)22(29)27-23-25-18-10-9-16(12-19(18)26-23)15-6-4-7-17(11-15)30-2/h3-13H,1-2H3,(H2,25,26,27,29). The van der Waals surface area contributed by atoms with Crippen LogP contribution in [0.1, 0.15) is 16.2 Å². The maximum Gasteiger partial charge on any atom is 0.278 e. The molecule has 0 radical (unpaired) electrons. The molecular weight excluding hydrogens is 378 g/mol. The summed E-state index contributed by atoms with van der Waals surface area (Å²) in [5.41, 5.74) is 5.73.